The second-order valence-electron chi connectivity index (χ2n) is 8.84. The lowest BCUT2D eigenvalue weighted by Gasteiger charge is -2.22. The summed E-state index contributed by atoms with van der Waals surface area (Å²) in [6.07, 6.45) is -0.301. The third kappa shape index (κ3) is 5.58. The number of carbonyl (C=O) groups excluding carboxylic acids is 2. The van der Waals surface area contributed by atoms with Gasteiger partial charge in [0.25, 0.3) is 5.91 Å². The van der Waals surface area contributed by atoms with E-state index in [2.05, 4.69) is 16.0 Å². The number of carbonyl (C=O) groups is 2. The van der Waals surface area contributed by atoms with Gasteiger partial charge in [-0.3, -0.25) is 19.7 Å². The van der Waals surface area contributed by atoms with E-state index in [0.29, 0.717) is 33.8 Å². The molecule has 4 N–H and O–H groups in total. The number of nitrogens with one attached hydrogen (secondary N) is 3. The average molecular weight is 521 g/mol. The first-order valence-electron chi connectivity index (χ1n) is 11.8. The van der Waals surface area contributed by atoms with Crippen molar-refractivity contribution in [3.63, 3.8) is 0 Å². The van der Waals surface area contributed by atoms with Crippen LogP contribution < -0.4 is 20.7 Å². The zero-order valence-electron chi connectivity index (χ0n) is 21.1. The van der Waals surface area contributed by atoms with Crippen molar-refractivity contribution in [2.24, 2.45) is 0 Å². The first-order valence-corrected chi connectivity index (χ1v) is 11.8. The van der Waals surface area contributed by atoms with Gasteiger partial charge in [-0.25, -0.2) is 0 Å². The molecule has 2 atom stereocenters. The molecular weight excluding hydrogens is 492 g/mol. The van der Waals surface area contributed by atoms with Crippen LogP contribution in [0, 0.1) is 10.1 Å². The molecule has 38 heavy (non-hydrogen) atoms. The van der Waals surface area contributed by atoms with Crippen LogP contribution in [0.2, 0.25) is 0 Å². The molecule has 3 aromatic carbocycles. The number of nitrogens with zero attached hydrogens (tertiary/aromatic N) is 1. The number of anilines is 3. The number of hydrogen-bond donors (Lipinski definition) is 4. The number of hydrogen-bond acceptors (Lipinski definition) is 8. The van der Waals surface area contributed by atoms with Crippen LogP contribution in [0.3, 0.4) is 0 Å². The van der Waals surface area contributed by atoms with Crippen LogP contribution in [0.25, 0.3) is 11.1 Å². The van der Waals surface area contributed by atoms with E-state index in [0.717, 1.165) is 5.56 Å². The fourth-order valence-electron chi connectivity index (χ4n) is 4.20. The Morgan fingerprint density at radius 3 is 2.45 bits per heavy atom. The zero-order valence-corrected chi connectivity index (χ0v) is 21.1. The standard InChI is InChI=1S/C27H28N4O7/c1-15(37-2)23(14-32)29-26(33)11-16-4-8-20-22(10-16)30-27(34)19-7-5-17(12-21(19)28-20)18-6-9-24(31(35)36)25(13-18)38-3/h4-10,12-13,15,23,28,32H,11,14H2,1-3H3,(H,29,33)(H,30,34)/t15?,23-/m0/s1. The number of fused-ring (bicyclic) bond motifs is 2. The Labute approximate surface area is 218 Å². The first kappa shape index (κ1) is 26.6. The van der Waals surface area contributed by atoms with Crippen LogP contribution in [0.1, 0.15) is 22.8 Å². The van der Waals surface area contributed by atoms with E-state index in [1.54, 1.807) is 55.5 Å². The molecule has 0 saturated heterocycles. The monoisotopic (exact) mass is 520 g/mol. The van der Waals surface area contributed by atoms with E-state index in [4.69, 9.17) is 9.47 Å². The van der Waals surface area contributed by atoms with Gasteiger partial charge in [-0.1, -0.05) is 12.1 Å². The van der Waals surface area contributed by atoms with Crippen molar-refractivity contribution in [2.75, 3.05) is 31.5 Å². The summed E-state index contributed by atoms with van der Waals surface area (Å²) < 4.78 is 10.4. The number of rotatable bonds is 9. The Morgan fingerprint density at radius 2 is 1.76 bits per heavy atom. The molecule has 0 radical (unpaired) electrons. The normalized spacial score (nSPS) is 13.6. The summed E-state index contributed by atoms with van der Waals surface area (Å²) in [6.45, 7) is 1.50. The topological polar surface area (TPSA) is 152 Å². The number of aliphatic hydroxyl groups excluding tert-OH is 1. The number of ether oxygens (including phenoxy) is 2. The van der Waals surface area contributed by atoms with Gasteiger partial charge in [0.2, 0.25) is 5.91 Å². The van der Waals surface area contributed by atoms with E-state index in [-0.39, 0.29) is 42.4 Å². The SMILES string of the molecule is COc1cc(-c2ccc3c(c2)Nc2ccc(CC(=O)N[C@@H](CO)C(C)OC)cc2NC3=O)ccc1[N+](=O)[O-]. The van der Waals surface area contributed by atoms with Crippen LogP contribution in [-0.4, -0.2) is 54.8 Å². The lowest BCUT2D eigenvalue weighted by molar-refractivity contribution is -0.385. The van der Waals surface area contributed by atoms with Crippen molar-refractivity contribution >= 4 is 34.6 Å². The highest BCUT2D eigenvalue weighted by molar-refractivity contribution is 6.12. The van der Waals surface area contributed by atoms with Gasteiger partial charge in [0, 0.05) is 13.2 Å². The summed E-state index contributed by atoms with van der Waals surface area (Å²) in [5.74, 6) is -0.473. The van der Waals surface area contributed by atoms with E-state index in [1.807, 2.05) is 0 Å². The number of aliphatic hydroxyl groups is 1. The van der Waals surface area contributed by atoms with Crippen LogP contribution >= 0.6 is 0 Å². The largest absolute Gasteiger partial charge is 0.490 e. The molecule has 0 fully saturated rings. The van der Waals surface area contributed by atoms with Gasteiger partial charge in [0.05, 0.1) is 59.8 Å². The predicted octanol–water partition coefficient (Wildman–Crippen LogP) is 3.63. The second-order valence-corrected chi connectivity index (χ2v) is 8.84. The Morgan fingerprint density at radius 1 is 1.03 bits per heavy atom. The molecule has 4 rings (SSSR count). The third-order valence-corrected chi connectivity index (χ3v) is 6.42. The van der Waals surface area contributed by atoms with Crippen molar-refractivity contribution in [1.29, 1.82) is 0 Å². The van der Waals surface area contributed by atoms with Gasteiger partial charge in [0.1, 0.15) is 0 Å². The quantitative estimate of drug-likeness (QED) is 0.247. The molecule has 0 bridgehead atoms. The first-order chi connectivity index (χ1) is 18.2. The summed E-state index contributed by atoms with van der Waals surface area (Å²) in [5, 5.41) is 29.7. The molecule has 11 nitrogen and oxygen atoms in total. The lowest BCUT2D eigenvalue weighted by Crippen LogP contribution is -2.45. The summed E-state index contributed by atoms with van der Waals surface area (Å²) in [5.41, 5.74) is 4.08. The van der Waals surface area contributed by atoms with Crippen LogP contribution in [0.4, 0.5) is 22.7 Å². The highest BCUT2D eigenvalue weighted by Crippen LogP contribution is 2.37. The molecule has 0 aliphatic carbocycles. The Kier molecular flexibility index (Phi) is 7.89. The van der Waals surface area contributed by atoms with E-state index in [9.17, 15) is 24.8 Å². The number of amides is 2. The maximum atomic E-state index is 13.0. The fraction of sp³-hybridized carbons (Fsp3) is 0.259. The zero-order chi connectivity index (χ0) is 27.4. The average Bonchev–Trinajstić information content (AvgIpc) is 3.05. The van der Waals surface area contributed by atoms with Gasteiger partial charge in [-0.2, -0.15) is 0 Å². The van der Waals surface area contributed by atoms with Gasteiger partial charge in [0.15, 0.2) is 5.75 Å². The van der Waals surface area contributed by atoms with Gasteiger partial charge < -0.3 is 30.5 Å². The van der Waals surface area contributed by atoms with Crippen LogP contribution in [0.15, 0.2) is 54.6 Å². The summed E-state index contributed by atoms with van der Waals surface area (Å²) in [7, 11) is 2.88. The Hall–Kier alpha value is -4.48. The van der Waals surface area contributed by atoms with Crippen molar-refractivity contribution < 1.29 is 29.1 Å². The number of methoxy groups -OCH3 is 2. The maximum Gasteiger partial charge on any atom is 0.310 e. The molecule has 1 aliphatic rings. The molecule has 0 aromatic heterocycles. The van der Waals surface area contributed by atoms with Crippen molar-refractivity contribution in [3.8, 4) is 16.9 Å². The predicted molar refractivity (Wildman–Crippen MR) is 142 cm³/mol. The molecule has 0 spiro atoms. The molecule has 0 saturated carbocycles. The van der Waals surface area contributed by atoms with Gasteiger partial charge >= 0.3 is 5.69 Å². The minimum absolute atomic E-state index is 0.0508. The number of nitro benzene ring substituents is 1. The van der Waals surface area contributed by atoms with Crippen molar-refractivity contribution in [3.05, 3.63) is 75.8 Å². The summed E-state index contributed by atoms with van der Waals surface area (Å²) in [4.78, 5) is 36.2. The van der Waals surface area contributed by atoms with E-state index < -0.39 is 11.0 Å². The molecule has 1 aliphatic heterocycles. The number of nitro groups is 1. The maximum absolute atomic E-state index is 13.0. The van der Waals surface area contributed by atoms with Crippen LogP contribution in [0.5, 0.6) is 5.75 Å². The minimum atomic E-state index is -0.533. The van der Waals surface area contributed by atoms with Crippen molar-refractivity contribution in [2.45, 2.75) is 25.5 Å². The highest BCUT2D eigenvalue weighted by Gasteiger charge is 2.22. The molecule has 1 heterocycles. The molecule has 2 amide bonds. The second kappa shape index (κ2) is 11.3. The summed E-state index contributed by atoms with van der Waals surface area (Å²) >= 11 is 0. The molecular formula is C27H28N4O7. The third-order valence-electron chi connectivity index (χ3n) is 6.42. The Bertz CT molecular complexity index is 1390. The Balaban J connectivity index is 1.57. The molecule has 1 unspecified atom stereocenters. The molecule has 198 valence electrons. The van der Waals surface area contributed by atoms with Crippen molar-refractivity contribution in [1.82, 2.24) is 5.32 Å². The van der Waals surface area contributed by atoms with E-state index in [1.165, 1.54) is 20.3 Å². The number of benzene rings is 3. The molecule has 3 aromatic rings. The fourth-order valence-corrected chi connectivity index (χ4v) is 4.20. The summed E-state index contributed by atoms with van der Waals surface area (Å²) in [6, 6.07) is 14.5. The minimum Gasteiger partial charge on any atom is -0.490 e. The van der Waals surface area contributed by atoms with Crippen LogP contribution in [-0.2, 0) is 16.0 Å². The lowest BCUT2D eigenvalue weighted by atomic mass is 10.0. The van der Waals surface area contributed by atoms with E-state index >= 15 is 0 Å². The van der Waals surface area contributed by atoms with Gasteiger partial charge in [-0.05, 0) is 60.0 Å². The smallest absolute Gasteiger partial charge is 0.310 e. The molecule has 11 heteroatoms. The van der Waals surface area contributed by atoms with Gasteiger partial charge in [-0.15, -0.1) is 0 Å². The highest BCUT2D eigenvalue weighted by atomic mass is 16.6.